The van der Waals surface area contributed by atoms with Crippen molar-refractivity contribution in [3.63, 3.8) is 0 Å². The van der Waals surface area contributed by atoms with Gasteiger partial charge >= 0.3 is 5.97 Å². The van der Waals surface area contributed by atoms with Crippen molar-refractivity contribution in [2.45, 2.75) is 45.6 Å². The van der Waals surface area contributed by atoms with Gasteiger partial charge in [-0.2, -0.15) is 0 Å². The highest BCUT2D eigenvalue weighted by Crippen LogP contribution is 2.26. The highest BCUT2D eigenvalue weighted by Gasteiger charge is 2.20. The van der Waals surface area contributed by atoms with E-state index in [0.29, 0.717) is 6.42 Å². The van der Waals surface area contributed by atoms with Crippen molar-refractivity contribution in [2.75, 3.05) is 7.11 Å². The van der Waals surface area contributed by atoms with Gasteiger partial charge in [-0.25, -0.2) is 0 Å². The first kappa shape index (κ1) is 15.7. The van der Waals surface area contributed by atoms with Crippen LogP contribution in [0.5, 0.6) is 0 Å². The van der Waals surface area contributed by atoms with Gasteiger partial charge in [-0.05, 0) is 23.0 Å². The van der Waals surface area contributed by atoms with Gasteiger partial charge in [-0.1, -0.05) is 52.0 Å². The standard InChI is InChI=1S/C16H24O3/c1-11(15(18)19-5)10-14(17)12-6-8-13(9-7-12)16(2,3)4/h6-9,11,14,17H,10H2,1-5H3. The Hall–Kier alpha value is -1.35. The Morgan fingerprint density at radius 2 is 1.79 bits per heavy atom. The van der Waals surface area contributed by atoms with Gasteiger partial charge in [0.2, 0.25) is 0 Å². The largest absolute Gasteiger partial charge is 0.469 e. The molecule has 19 heavy (non-hydrogen) atoms. The summed E-state index contributed by atoms with van der Waals surface area (Å²) in [4.78, 5) is 11.3. The fraction of sp³-hybridized carbons (Fsp3) is 0.562. The molecule has 0 saturated heterocycles. The molecule has 0 aliphatic carbocycles. The van der Waals surface area contributed by atoms with Gasteiger partial charge in [0.25, 0.3) is 0 Å². The lowest BCUT2D eigenvalue weighted by Gasteiger charge is -2.20. The Bertz CT molecular complexity index is 415. The molecule has 0 bridgehead atoms. The van der Waals surface area contributed by atoms with Crippen molar-refractivity contribution < 1.29 is 14.6 Å². The number of hydrogen-bond acceptors (Lipinski definition) is 3. The average molecular weight is 264 g/mol. The fourth-order valence-electron chi connectivity index (χ4n) is 1.97. The molecule has 2 atom stereocenters. The number of carbonyl (C=O) groups excluding carboxylic acids is 1. The molecule has 1 aromatic carbocycles. The molecule has 0 saturated carbocycles. The molecule has 0 amide bonds. The van der Waals surface area contributed by atoms with Crippen molar-refractivity contribution in [1.82, 2.24) is 0 Å². The third-order valence-corrected chi connectivity index (χ3v) is 3.34. The number of rotatable bonds is 4. The maximum Gasteiger partial charge on any atom is 0.308 e. The summed E-state index contributed by atoms with van der Waals surface area (Å²) in [5.74, 6) is -0.590. The maximum absolute atomic E-state index is 11.3. The van der Waals surface area contributed by atoms with E-state index in [1.807, 2.05) is 24.3 Å². The van der Waals surface area contributed by atoms with Crippen LogP contribution in [0.3, 0.4) is 0 Å². The molecule has 0 aliphatic heterocycles. The highest BCUT2D eigenvalue weighted by molar-refractivity contribution is 5.71. The second-order valence-electron chi connectivity index (χ2n) is 6.05. The van der Waals surface area contributed by atoms with Crippen molar-refractivity contribution in [3.8, 4) is 0 Å². The molecule has 3 heteroatoms. The maximum atomic E-state index is 11.3. The summed E-state index contributed by atoms with van der Waals surface area (Å²) in [6.45, 7) is 8.21. The Balaban J connectivity index is 2.73. The summed E-state index contributed by atoms with van der Waals surface area (Å²) in [6, 6.07) is 7.91. The van der Waals surface area contributed by atoms with Gasteiger partial charge in [-0.15, -0.1) is 0 Å². The smallest absolute Gasteiger partial charge is 0.308 e. The van der Waals surface area contributed by atoms with E-state index in [4.69, 9.17) is 0 Å². The van der Waals surface area contributed by atoms with Crippen LogP contribution in [0.15, 0.2) is 24.3 Å². The minimum Gasteiger partial charge on any atom is -0.469 e. The van der Waals surface area contributed by atoms with Crippen molar-refractivity contribution in [2.24, 2.45) is 5.92 Å². The lowest BCUT2D eigenvalue weighted by atomic mass is 9.86. The molecular weight excluding hydrogens is 240 g/mol. The Labute approximate surface area is 115 Å². The van der Waals surface area contributed by atoms with E-state index < -0.39 is 6.10 Å². The van der Waals surface area contributed by atoms with E-state index in [1.54, 1.807) is 6.92 Å². The summed E-state index contributed by atoms with van der Waals surface area (Å²) < 4.78 is 4.66. The number of aliphatic hydroxyl groups excluding tert-OH is 1. The molecule has 0 fully saturated rings. The Kier molecular flexibility index (Phi) is 5.12. The van der Waals surface area contributed by atoms with Crippen molar-refractivity contribution in [1.29, 1.82) is 0 Å². The van der Waals surface area contributed by atoms with E-state index >= 15 is 0 Å². The zero-order chi connectivity index (χ0) is 14.6. The van der Waals surface area contributed by atoms with Crippen LogP contribution in [0.2, 0.25) is 0 Å². The third-order valence-electron chi connectivity index (χ3n) is 3.34. The summed E-state index contributed by atoms with van der Waals surface area (Å²) in [5.41, 5.74) is 2.16. The van der Waals surface area contributed by atoms with Gasteiger partial charge < -0.3 is 9.84 Å². The average Bonchev–Trinajstić information content (AvgIpc) is 2.36. The van der Waals surface area contributed by atoms with E-state index in [9.17, 15) is 9.90 Å². The molecule has 0 heterocycles. The number of aliphatic hydroxyl groups is 1. The fourth-order valence-corrected chi connectivity index (χ4v) is 1.97. The first-order valence-electron chi connectivity index (χ1n) is 6.62. The van der Waals surface area contributed by atoms with Crippen molar-refractivity contribution >= 4 is 5.97 Å². The molecule has 1 rings (SSSR count). The van der Waals surface area contributed by atoms with Crippen LogP contribution in [0.25, 0.3) is 0 Å². The molecule has 3 nitrogen and oxygen atoms in total. The van der Waals surface area contributed by atoms with Crippen LogP contribution in [0.1, 0.15) is 51.3 Å². The minimum absolute atomic E-state index is 0.1000. The van der Waals surface area contributed by atoms with E-state index in [1.165, 1.54) is 12.7 Å². The Morgan fingerprint density at radius 3 is 2.21 bits per heavy atom. The number of esters is 1. The molecule has 0 aromatic heterocycles. The topological polar surface area (TPSA) is 46.5 Å². The molecule has 2 unspecified atom stereocenters. The quantitative estimate of drug-likeness (QED) is 0.849. The lowest BCUT2D eigenvalue weighted by molar-refractivity contribution is -0.145. The van der Waals surface area contributed by atoms with Crippen molar-refractivity contribution in [3.05, 3.63) is 35.4 Å². The van der Waals surface area contributed by atoms with Gasteiger partial charge in [0, 0.05) is 0 Å². The number of ether oxygens (including phenoxy) is 1. The molecule has 1 N–H and O–H groups in total. The Morgan fingerprint density at radius 1 is 1.26 bits per heavy atom. The molecule has 106 valence electrons. The zero-order valence-corrected chi connectivity index (χ0v) is 12.4. The number of carbonyl (C=O) groups is 1. The predicted octanol–water partition coefficient (Wildman–Crippen LogP) is 3.22. The normalized spacial score (nSPS) is 14.8. The first-order chi connectivity index (χ1) is 8.75. The van der Waals surface area contributed by atoms with E-state index in [-0.39, 0.29) is 17.3 Å². The summed E-state index contributed by atoms with van der Waals surface area (Å²) in [6.07, 6.45) is -0.259. The molecule has 1 aromatic rings. The lowest BCUT2D eigenvalue weighted by Crippen LogP contribution is -2.16. The van der Waals surface area contributed by atoms with Crippen LogP contribution in [0.4, 0.5) is 0 Å². The second-order valence-corrected chi connectivity index (χ2v) is 6.05. The first-order valence-corrected chi connectivity index (χ1v) is 6.62. The summed E-state index contributed by atoms with van der Waals surface area (Å²) >= 11 is 0. The van der Waals surface area contributed by atoms with Crippen LogP contribution >= 0.6 is 0 Å². The molecule has 0 radical (unpaired) electrons. The highest BCUT2D eigenvalue weighted by atomic mass is 16.5. The SMILES string of the molecule is COC(=O)C(C)CC(O)c1ccc(C(C)(C)C)cc1. The zero-order valence-electron chi connectivity index (χ0n) is 12.4. The summed E-state index contributed by atoms with van der Waals surface area (Å²) in [7, 11) is 1.36. The van der Waals surface area contributed by atoms with Gasteiger partial charge in [0.05, 0.1) is 19.1 Å². The van der Waals surface area contributed by atoms with Gasteiger partial charge in [0.1, 0.15) is 0 Å². The molecule has 0 aliphatic rings. The van der Waals surface area contributed by atoms with Crippen LogP contribution in [-0.4, -0.2) is 18.2 Å². The number of benzene rings is 1. The predicted molar refractivity (Wildman–Crippen MR) is 75.9 cm³/mol. The summed E-state index contributed by atoms with van der Waals surface area (Å²) in [5, 5.41) is 10.1. The third kappa shape index (κ3) is 4.35. The van der Waals surface area contributed by atoms with Gasteiger partial charge in [0.15, 0.2) is 0 Å². The number of methoxy groups -OCH3 is 1. The van der Waals surface area contributed by atoms with Crippen LogP contribution in [-0.2, 0) is 14.9 Å². The van der Waals surface area contributed by atoms with E-state index in [2.05, 4.69) is 25.5 Å². The number of hydrogen-bond donors (Lipinski definition) is 1. The van der Waals surface area contributed by atoms with Crippen LogP contribution < -0.4 is 0 Å². The second kappa shape index (κ2) is 6.20. The monoisotopic (exact) mass is 264 g/mol. The molecule has 0 spiro atoms. The van der Waals surface area contributed by atoms with E-state index in [0.717, 1.165) is 5.56 Å². The molecular formula is C16H24O3. The van der Waals surface area contributed by atoms with Gasteiger partial charge in [-0.3, -0.25) is 4.79 Å². The minimum atomic E-state index is -0.636. The van der Waals surface area contributed by atoms with Crippen LogP contribution in [0, 0.1) is 5.92 Å².